The first kappa shape index (κ1) is 17.1. The van der Waals surface area contributed by atoms with Crippen LogP contribution in [-0.2, 0) is 0 Å². The Morgan fingerprint density at radius 3 is 2.72 bits per heavy atom. The summed E-state index contributed by atoms with van der Waals surface area (Å²) in [6.07, 6.45) is 3.01. The molecule has 1 unspecified atom stereocenters. The van der Waals surface area contributed by atoms with Crippen LogP contribution in [0.15, 0.2) is 53.6 Å². The van der Waals surface area contributed by atoms with Gasteiger partial charge in [0.05, 0.1) is 23.4 Å². The molecule has 25 heavy (non-hydrogen) atoms. The van der Waals surface area contributed by atoms with Crippen LogP contribution in [0.1, 0.15) is 11.6 Å². The zero-order valence-corrected chi connectivity index (χ0v) is 13.7. The molecule has 0 bridgehead atoms. The number of hydrogen-bond donors (Lipinski definition) is 2. The molecule has 0 saturated heterocycles. The van der Waals surface area contributed by atoms with Gasteiger partial charge in [0.2, 0.25) is 5.95 Å². The zero-order chi connectivity index (χ0) is 18.0. The Kier molecular flexibility index (Phi) is 4.78. The smallest absolute Gasteiger partial charge is 0.251 e. The quantitative estimate of drug-likeness (QED) is 0.744. The minimum atomic E-state index is -0.733. The Morgan fingerprint density at radius 1 is 1.28 bits per heavy atom. The number of aliphatic hydroxyl groups excluding tert-OH is 1. The number of pyridine rings is 1. The fourth-order valence-corrected chi connectivity index (χ4v) is 2.63. The van der Waals surface area contributed by atoms with Crippen LogP contribution in [0, 0.1) is 5.82 Å². The van der Waals surface area contributed by atoms with Gasteiger partial charge in [-0.05, 0) is 29.8 Å². The summed E-state index contributed by atoms with van der Waals surface area (Å²) in [6, 6.07) is 8.09. The van der Waals surface area contributed by atoms with Crippen molar-refractivity contribution in [1.82, 2.24) is 14.5 Å². The van der Waals surface area contributed by atoms with Crippen molar-refractivity contribution in [3.05, 3.63) is 75.5 Å². The summed E-state index contributed by atoms with van der Waals surface area (Å²) in [5.74, 6) is -0.509. The normalized spacial score (nSPS) is 12.1. The molecule has 0 aliphatic rings. The number of nitrogens with zero attached hydrogens (tertiary/aromatic N) is 3. The van der Waals surface area contributed by atoms with Crippen molar-refractivity contribution >= 4 is 17.5 Å². The van der Waals surface area contributed by atoms with Crippen LogP contribution in [0.5, 0.6) is 0 Å². The summed E-state index contributed by atoms with van der Waals surface area (Å²) in [5, 5.41) is 9.66. The summed E-state index contributed by atoms with van der Waals surface area (Å²) in [5.41, 5.74) is 6.69. The first-order chi connectivity index (χ1) is 12.0. The fourth-order valence-electron chi connectivity index (χ4n) is 2.51. The third-order valence-electron chi connectivity index (χ3n) is 3.76. The van der Waals surface area contributed by atoms with E-state index >= 15 is 0 Å². The van der Waals surface area contributed by atoms with Gasteiger partial charge in [-0.15, -0.1) is 0 Å². The molecule has 3 rings (SSSR count). The lowest BCUT2D eigenvalue weighted by molar-refractivity contribution is 0.247. The molecule has 2 heterocycles. The predicted molar refractivity (Wildman–Crippen MR) is 92.8 cm³/mol. The second-order valence-corrected chi connectivity index (χ2v) is 5.74. The minimum Gasteiger partial charge on any atom is -0.394 e. The molecule has 8 heteroatoms. The minimum absolute atomic E-state index is 0.0236. The van der Waals surface area contributed by atoms with Crippen molar-refractivity contribution in [1.29, 1.82) is 0 Å². The molecule has 0 spiro atoms. The number of aliphatic hydroxyl groups is 1. The van der Waals surface area contributed by atoms with Gasteiger partial charge in [0, 0.05) is 24.0 Å². The van der Waals surface area contributed by atoms with Crippen LogP contribution in [-0.4, -0.2) is 26.2 Å². The van der Waals surface area contributed by atoms with Crippen molar-refractivity contribution in [2.75, 3.05) is 12.3 Å². The Morgan fingerprint density at radius 2 is 2.08 bits per heavy atom. The molecule has 0 aliphatic heterocycles. The van der Waals surface area contributed by atoms with E-state index in [0.29, 0.717) is 16.8 Å². The van der Waals surface area contributed by atoms with E-state index in [9.17, 15) is 14.3 Å². The first-order valence-corrected chi connectivity index (χ1v) is 7.74. The molecule has 0 radical (unpaired) electrons. The lowest BCUT2D eigenvalue weighted by atomic mass is 10.1. The Labute approximate surface area is 147 Å². The van der Waals surface area contributed by atoms with E-state index in [1.54, 1.807) is 18.2 Å². The van der Waals surface area contributed by atoms with Crippen molar-refractivity contribution < 1.29 is 9.50 Å². The van der Waals surface area contributed by atoms with Gasteiger partial charge in [0.1, 0.15) is 5.82 Å². The van der Waals surface area contributed by atoms with Gasteiger partial charge in [-0.1, -0.05) is 17.7 Å². The molecule has 0 fully saturated rings. The SMILES string of the molecule is Nc1nccc(-c2ccn(C(CO)c3ccc(Cl)c(F)c3)c(=O)c2)n1. The van der Waals surface area contributed by atoms with Gasteiger partial charge in [0.25, 0.3) is 5.56 Å². The molecule has 2 aromatic heterocycles. The van der Waals surface area contributed by atoms with Crippen molar-refractivity contribution in [3.63, 3.8) is 0 Å². The number of aromatic nitrogens is 3. The molecule has 0 saturated carbocycles. The van der Waals surface area contributed by atoms with Crippen LogP contribution in [0.4, 0.5) is 10.3 Å². The average molecular weight is 361 g/mol. The van der Waals surface area contributed by atoms with Crippen LogP contribution in [0.3, 0.4) is 0 Å². The van der Waals surface area contributed by atoms with Crippen LogP contribution in [0.25, 0.3) is 11.3 Å². The number of rotatable bonds is 4. The largest absolute Gasteiger partial charge is 0.394 e. The average Bonchev–Trinajstić information content (AvgIpc) is 2.60. The van der Waals surface area contributed by atoms with E-state index in [2.05, 4.69) is 9.97 Å². The number of nitrogen functional groups attached to an aromatic ring is 1. The monoisotopic (exact) mass is 360 g/mol. The lowest BCUT2D eigenvalue weighted by Gasteiger charge is -2.18. The first-order valence-electron chi connectivity index (χ1n) is 7.36. The van der Waals surface area contributed by atoms with Crippen molar-refractivity contribution in [3.8, 4) is 11.3 Å². The van der Waals surface area contributed by atoms with E-state index in [1.807, 2.05) is 0 Å². The molecule has 1 atom stereocenters. The molecule has 0 amide bonds. The Hall–Kier alpha value is -2.77. The summed E-state index contributed by atoms with van der Waals surface area (Å²) < 4.78 is 15.0. The highest BCUT2D eigenvalue weighted by Gasteiger charge is 2.16. The zero-order valence-electron chi connectivity index (χ0n) is 12.9. The maximum Gasteiger partial charge on any atom is 0.251 e. The molecular formula is C17H14ClFN4O2. The molecule has 0 aliphatic carbocycles. The molecule has 3 N–H and O–H groups in total. The Bertz CT molecular complexity index is 977. The molecule has 6 nitrogen and oxygen atoms in total. The third kappa shape index (κ3) is 3.52. The van der Waals surface area contributed by atoms with E-state index < -0.39 is 11.9 Å². The highest BCUT2D eigenvalue weighted by atomic mass is 35.5. The van der Waals surface area contributed by atoms with Crippen molar-refractivity contribution in [2.24, 2.45) is 0 Å². The number of halogens is 2. The summed E-state index contributed by atoms with van der Waals surface area (Å²) in [4.78, 5) is 20.4. The Balaban J connectivity index is 2.01. The van der Waals surface area contributed by atoms with Gasteiger partial charge in [-0.3, -0.25) is 4.79 Å². The number of anilines is 1. The van der Waals surface area contributed by atoms with E-state index in [-0.39, 0.29) is 23.1 Å². The van der Waals surface area contributed by atoms with Crippen LogP contribution in [0.2, 0.25) is 5.02 Å². The second kappa shape index (κ2) is 7.00. The van der Waals surface area contributed by atoms with E-state index in [4.69, 9.17) is 17.3 Å². The van der Waals surface area contributed by atoms with Crippen molar-refractivity contribution in [2.45, 2.75) is 6.04 Å². The summed E-state index contributed by atoms with van der Waals surface area (Å²) in [7, 11) is 0. The van der Waals surface area contributed by atoms with Gasteiger partial charge >= 0.3 is 0 Å². The van der Waals surface area contributed by atoms with Gasteiger partial charge in [-0.2, -0.15) is 0 Å². The molecule has 1 aromatic carbocycles. The van der Waals surface area contributed by atoms with Crippen LogP contribution < -0.4 is 11.3 Å². The fraction of sp³-hybridized carbons (Fsp3) is 0.118. The molecule has 3 aromatic rings. The molecular weight excluding hydrogens is 347 g/mol. The van der Waals surface area contributed by atoms with Gasteiger partial charge in [0.15, 0.2) is 0 Å². The predicted octanol–water partition coefficient (Wildman–Crippen LogP) is 2.26. The molecule has 128 valence electrons. The van der Waals surface area contributed by atoms with E-state index in [1.165, 1.54) is 35.2 Å². The van der Waals surface area contributed by atoms with Gasteiger partial charge < -0.3 is 15.4 Å². The maximum absolute atomic E-state index is 13.7. The lowest BCUT2D eigenvalue weighted by Crippen LogP contribution is -2.27. The standard InChI is InChI=1S/C17H14ClFN4O2/c18-12-2-1-11(7-13(12)19)15(9-24)23-6-4-10(8-16(23)25)14-3-5-21-17(20)22-14/h1-8,15,24H,9H2,(H2,20,21,22). The maximum atomic E-state index is 13.7. The topological polar surface area (TPSA) is 94.0 Å². The number of benzene rings is 1. The van der Waals surface area contributed by atoms with Gasteiger partial charge in [-0.25, -0.2) is 14.4 Å². The summed E-state index contributed by atoms with van der Waals surface area (Å²) >= 11 is 5.68. The highest BCUT2D eigenvalue weighted by molar-refractivity contribution is 6.30. The number of nitrogens with two attached hydrogens (primary N) is 1. The highest BCUT2D eigenvalue weighted by Crippen LogP contribution is 2.23. The second-order valence-electron chi connectivity index (χ2n) is 5.33. The number of hydrogen-bond acceptors (Lipinski definition) is 5. The van der Waals surface area contributed by atoms with Crippen LogP contribution >= 0.6 is 11.6 Å². The third-order valence-corrected chi connectivity index (χ3v) is 4.06. The van der Waals surface area contributed by atoms with E-state index in [0.717, 1.165) is 0 Å². The summed E-state index contributed by atoms with van der Waals surface area (Å²) in [6.45, 7) is -0.374.